The molecule has 0 radical (unpaired) electrons. The zero-order valence-electron chi connectivity index (χ0n) is 11.5. The van der Waals surface area contributed by atoms with Crippen LogP contribution in [0.15, 0.2) is 38.9 Å². The van der Waals surface area contributed by atoms with Gasteiger partial charge in [-0.1, -0.05) is 23.9 Å². The average Bonchev–Trinajstić information content (AvgIpc) is 2.84. The van der Waals surface area contributed by atoms with Crippen molar-refractivity contribution in [3.05, 3.63) is 35.3 Å². The second-order valence-electron chi connectivity index (χ2n) is 4.20. The fourth-order valence-electron chi connectivity index (χ4n) is 1.57. The Kier molecular flexibility index (Phi) is 5.51. The lowest BCUT2D eigenvalue weighted by Gasteiger charge is -2.12. The molecule has 1 heterocycles. The van der Waals surface area contributed by atoms with Crippen molar-refractivity contribution in [1.82, 2.24) is 4.98 Å². The van der Waals surface area contributed by atoms with E-state index < -0.39 is 0 Å². The molecule has 0 fully saturated rings. The van der Waals surface area contributed by atoms with Crippen LogP contribution in [0.2, 0.25) is 0 Å². The SMILES string of the molecule is CSc1ccccc1NC(=O)C(C)Sc1nc(C)cs1. The monoisotopic (exact) mass is 324 g/mol. The molecule has 0 spiro atoms. The van der Waals surface area contributed by atoms with Crippen molar-refractivity contribution in [2.45, 2.75) is 28.3 Å². The number of thioether (sulfide) groups is 2. The smallest absolute Gasteiger partial charge is 0.237 e. The molecule has 1 aromatic heterocycles. The van der Waals surface area contributed by atoms with E-state index in [1.54, 1.807) is 23.1 Å². The van der Waals surface area contributed by atoms with E-state index in [-0.39, 0.29) is 11.2 Å². The summed E-state index contributed by atoms with van der Waals surface area (Å²) in [5, 5.41) is 4.81. The van der Waals surface area contributed by atoms with Gasteiger partial charge in [-0.15, -0.1) is 23.1 Å². The first-order valence-corrected chi connectivity index (χ1v) is 9.11. The normalized spacial score (nSPS) is 12.2. The summed E-state index contributed by atoms with van der Waals surface area (Å²) in [5.41, 5.74) is 1.87. The van der Waals surface area contributed by atoms with E-state index in [0.29, 0.717) is 0 Å². The Morgan fingerprint density at radius 3 is 2.80 bits per heavy atom. The van der Waals surface area contributed by atoms with E-state index in [0.717, 1.165) is 20.6 Å². The molecule has 2 aromatic rings. The van der Waals surface area contributed by atoms with Crippen LogP contribution in [-0.2, 0) is 4.79 Å². The summed E-state index contributed by atoms with van der Waals surface area (Å²) in [5.74, 6) is 0.00403. The van der Waals surface area contributed by atoms with Gasteiger partial charge >= 0.3 is 0 Å². The van der Waals surface area contributed by atoms with E-state index in [9.17, 15) is 4.79 Å². The van der Waals surface area contributed by atoms with E-state index >= 15 is 0 Å². The van der Waals surface area contributed by atoms with Gasteiger partial charge in [0.05, 0.1) is 10.9 Å². The quantitative estimate of drug-likeness (QED) is 0.833. The van der Waals surface area contributed by atoms with Crippen LogP contribution in [0, 0.1) is 6.92 Å². The molecule has 0 saturated carbocycles. The Bertz CT molecular complexity index is 598. The fourth-order valence-corrected chi connectivity index (χ4v) is 4.11. The topological polar surface area (TPSA) is 42.0 Å². The highest BCUT2D eigenvalue weighted by molar-refractivity contribution is 8.02. The van der Waals surface area contributed by atoms with Crippen molar-refractivity contribution in [2.24, 2.45) is 0 Å². The number of anilines is 1. The minimum absolute atomic E-state index is 0.00403. The summed E-state index contributed by atoms with van der Waals surface area (Å²) in [6.07, 6.45) is 2.00. The van der Waals surface area contributed by atoms with Crippen LogP contribution in [0.1, 0.15) is 12.6 Å². The van der Waals surface area contributed by atoms with Crippen molar-refractivity contribution in [3.8, 4) is 0 Å². The number of para-hydroxylation sites is 1. The molecule has 1 aromatic carbocycles. The molecule has 106 valence electrons. The van der Waals surface area contributed by atoms with Crippen molar-refractivity contribution >= 4 is 46.5 Å². The maximum Gasteiger partial charge on any atom is 0.237 e. The van der Waals surface area contributed by atoms with E-state index in [4.69, 9.17) is 0 Å². The molecular weight excluding hydrogens is 308 g/mol. The standard InChI is InChI=1S/C14H16N2OS3/c1-9-8-19-14(15-9)20-10(2)13(17)16-11-6-4-5-7-12(11)18-3/h4-8,10H,1-3H3,(H,16,17). The second kappa shape index (κ2) is 7.15. The van der Waals surface area contributed by atoms with Crippen LogP contribution in [0.3, 0.4) is 0 Å². The molecule has 1 amide bonds. The lowest BCUT2D eigenvalue weighted by atomic mass is 10.3. The van der Waals surface area contributed by atoms with Crippen LogP contribution < -0.4 is 5.32 Å². The number of hydrogen-bond acceptors (Lipinski definition) is 5. The molecular formula is C14H16N2OS3. The number of thiazole rings is 1. The third-order valence-electron chi connectivity index (χ3n) is 2.61. The number of nitrogens with one attached hydrogen (secondary N) is 1. The van der Waals surface area contributed by atoms with Crippen molar-refractivity contribution in [2.75, 3.05) is 11.6 Å². The molecule has 0 aliphatic carbocycles. The molecule has 3 nitrogen and oxygen atoms in total. The van der Waals surface area contributed by atoms with Crippen molar-refractivity contribution in [1.29, 1.82) is 0 Å². The average molecular weight is 324 g/mol. The fraction of sp³-hybridized carbons (Fsp3) is 0.286. The van der Waals surface area contributed by atoms with Gasteiger partial charge in [0.15, 0.2) is 4.34 Å². The third-order valence-corrected chi connectivity index (χ3v) is 5.60. The lowest BCUT2D eigenvalue weighted by Crippen LogP contribution is -2.22. The van der Waals surface area contributed by atoms with Gasteiger partial charge in [-0.05, 0) is 32.2 Å². The van der Waals surface area contributed by atoms with E-state index in [2.05, 4.69) is 10.3 Å². The minimum atomic E-state index is -0.171. The lowest BCUT2D eigenvalue weighted by molar-refractivity contribution is -0.115. The molecule has 1 atom stereocenters. The van der Waals surface area contributed by atoms with Gasteiger partial charge in [-0.3, -0.25) is 4.79 Å². The van der Waals surface area contributed by atoms with Crippen molar-refractivity contribution < 1.29 is 4.79 Å². The van der Waals surface area contributed by atoms with Crippen LogP contribution >= 0.6 is 34.9 Å². The van der Waals surface area contributed by atoms with Crippen molar-refractivity contribution in [3.63, 3.8) is 0 Å². The molecule has 6 heteroatoms. The van der Waals surface area contributed by atoms with Gasteiger partial charge in [0.25, 0.3) is 0 Å². The van der Waals surface area contributed by atoms with Crippen LogP contribution in [0.4, 0.5) is 5.69 Å². The number of benzene rings is 1. The Labute approximate surface area is 131 Å². The Morgan fingerprint density at radius 1 is 1.40 bits per heavy atom. The zero-order valence-corrected chi connectivity index (χ0v) is 14.0. The van der Waals surface area contributed by atoms with Gasteiger partial charge < -0.3 is 5.32 Å². The summed E-state index contributed by atoms with van der Waals surface area (Å²) >= 11 is 4.70. The number of aryl methyl sites for hydroxylation is 1. The summed E-state index contributed by atoms with van der Waals surface area (Å²) in [6.45, 7) is 3.86. The number of hydrogen-bond donors (Lipinski definition) is 1. The summed E-state index contributed by atoms with van der Waals surface area (Å²) < 4.78 is 0.934. The molecule has 0 aliphatic heterocycles. The molecule has 20 heavy (non-hydrogen) atoms. The summed E-state index contributed by atoms with van der Waals surface area (Å²) in [6, 6.07) is 7.83. The number of amides is 1. The second-order valence-corrected chi connectivity index (χ2v) is 7.50. The van der Waals surface area contributed by atoms with Gasteiger partial charge in [0, 0.05) is 16.0 Å². The molecule has 0 aliphatic rings. The first-order valence-electron chi connectivity index (χ1n) is 6.13. The first-order chi connectivity index (χ1) is 9.60. The highest BCUT2D eigenvalue weighted by Gasteiger charge is 2.17. The molecule has 0 saturated heterocycles. The third kappa shape index (κ3) is 4.01. The van der Waals surface area contributed by atoms with Crippen LogP contribution in [0.25, 0.3) is 0 Å². The van der Waals surface area contributed by atoms with E-state index in [1.165, 1.54) is 11.8 Å². The van der Waals surface area contributed by atoms with Gasteiger partial charge in [0.1, 0.15) is 0 Å². The van der Waals surface area contributed by atoms with Gasteiger partial charge in [0.2, 0.25) is 5.91 Å². The van der Waals surface area contributed by atoms with Crippen LogP contribution in [0.5, 0.6) is 0 Å². The number of rotatable bonds is 5. The largest absolute Gasteiger partial charge is 0.324 e. The molecule has 0 bridgehead atoms. The maximum atomic E-state index is 12.2. The number of aromatic nitrogens is 1. The maximum absolute atomic E-state index is 12.2. The van der Waals surface area contributed by atoms with Gasteiger partial charge in [-0.2, -0.15) is 0 Å². The first kappa shape index (κ1) is 15.4. The number of nitrogens with zero attached hydrogens (tertiary/aromatic N) is 1. The highest BCUT2D eigenvalue weighted by atomic mass is 32.2. The number of carbonyl (C=O) groups is 1. The summed E-state index contributed by atoms with van der Waals surface area (Å²) in [4.78, 5) is 17.7. The summed E-state index contributed by atoms with van der Waals surface area (Å²) in [7, 11) is 0. The predicted molar refractivity (Wildman–Crippen MR) is 89.0 cm³/mol. The van der Waals surface area contributed by atoms with Gasteiger partial charge in [-0.25, -0.2) is 4.98 Å². The Balaban J connectivity index is 2.00. The van der Waals surface area contributed by atoms with E-state index in [1.807, 2.05) is 49.7 Å². The highest BCUT2D eigenvalue weighted by Crippen LogP contribution is 2.29. The molecule has 1 N–H and O–H groups in total. The molecule has 1 unspecified atom stereocenters. The van der Waals surface area contributed by atoms with Crippen LogP contribution in [-0.4, -0.2) is 22.4 Å². The Hall–Kier alpha value is -0.980. The zero-order chi connectivity index (χ0) is 14.5. The number of carbonyl (C=O) groups excluding carboxylic acids is 1. The predicted octanol–water partition coefficient (Wildman–Crippen LogP) is 4.29. The minimum Gasteiger partial charge on any atom is -0.324 e. The molecule has 2 rings (SSSR count). The Morgan fingerprint density at radius 2 is 2.15 bits per heavy atom.